The second kappa shape index (κ2) is 5.84. The molecule has 2 aromatic carbocycles. The molecule has 1 heterocycles. The van der Waals surface area contributed by atoms with E-state index in [2.05, 4.69) is 22.3 Å². The predicted molar refractivity (Wildman–Crippen MR) is 82.5 cm³/mol. The Bertz CT molecular complexity index is 562. The Kier molecular flexibility index (Phi) is 3.74. The minimum atomic E-state index is 0.743. The second-order valence-corrected chi connectivity index (χ2v) is 4.91. The lowest BCUT2D eigenvalue weighted by Gasteiger charge is -2.29. The Morgan fingerprint density at radius 3 is 2.45 bits per heavy atom. The monoisotopic (exact) mass is 269 g/mol. The summed E-state index contributed by atoms with van der Waals surface area (Å²) in [6.45, 7) is 4.13. The number of nitrogen functional groups attached to an aromatic ring is 1. The summed E-state index contributed by atoms with van der Waals surface area (Å²) >= 11 is 0. The number of ether oxygens (including phenoxy) is 1. The SMILES string of the molecule is Nc1ccc(Oc2cccc(N3CCNCC3)c2)cc1. The van der Waals surface area contributed by atoms with Gasteiger partial charge in [0.15, 0.2) is 0 Å². The van der Waals surface area contributed by atoms with Crippen molar-refractivity contribution in [2.45, 2.75) is 0 Å². The lowest BCUT2D eigenvalue weighted by atomic mass is 10.2. The van der Waals surface area contributed by atoms with Crippen LogP contribution in [0.4, 0.5) is 11.4 Å². The molecule has 0 aliphatic carbocycles. The molecule has 104 valence electrons. The Morgan fingerprint density at radius 2 is 1.70 bits per heavy atom. The van der Waals surface area contributed by atoms with Crippen LogP contribution in [0.1, 0.15) is 0 Å². The Hall–Kier alpha value is -2.20. The summed E-state index contributed by atoms with van der Waals surface area (Å²) in [5.74, 6) is 1.66. The molecule has 0 spiro atoms. The number of piperazine rings is 1. The molecule has 1 fully saturated rings. The highest BCUT2D eigenvalue weighted by Gasteiger charge is 2.10. The lowest BCUT2D eigenvalue weighted by Crippen LogP contribution is -2.43. The van der Waals surface area contributed by atoms with E-state index < -0.39 is 0 Å². The largest absolute Gasteiger partial charge is 0.457 e. The summed E-state index contributed by atoms with van der Waals surface area (Å²) in [5, 5.41) is 3.36. The third-order valence-corrected chi connectivity index (χ3v) is 3.42. The summed E-state index contributed by atoms with van der Waals surface area (Å²) in [4.78, 5) is 2.37. The average molecular weight is 269 g/mol. The van der Waals surface area contributed by atoms with Crippen LogP contribution in [0.15, 0.2) is 48.5 Å². The maximum atomic E-state index is 5.87. The van der Waals surface area contributed by atoms with Gasteiger partial charge in [-0.3, -0.25) is 0 Å². The number of hydrogen-bond acceptors (Lipinski definition) is 4. The predicted octanol–water partition coefficient (Wildman–Crippen LogP) is 2.47. The summed E-state index contributed by atoms with van der Waals surface area (Å²) in [5.41, 5.74) is 7.62. The molecule has 0 aromatic heterocycles. The fourth-order valence-corrected chi connectivity index (χ4v) is 2.34. The number of anilines is 2. The van der Waals surface area contributed by atoms with Gasteiger partial charge < -0.3 is 20.7 Å². The van der Waals surface area contributed by atoms with E-state index in [1.807, 2.05) is 36.4 Å². The van der Waals surface area contributed by atoms with Gasteiger partial charge in [0, 0.05) is 43.6 Å². The summed E-state index contributed by atoms with van der Waals surface area (Å²) in [7, 11) is 0. The first kappa shape index (κ1) is 12.8. The highest BCUT2D eigenvalue weighted by molar-refractivity contribution is 5.52. The van der Waals surface area contributed by atoms with Crippen LogP contribution >= 0.6 is 0 Å². The number of nitrogens with one attached hydrogen (secondary N) is 1. The van der Waals surface area contributed by atoms with Gasteiger partial charge in [-0.15, -0.1) is 0 Å². The van der Waals surface area contributed by atoms with Crippen LogP contribution < -0.4 is 20.7 Å². The van der Waals surface area contributed by atoms with Crippen molar-refractivity contribution in [1.82, 2.24) is 5.32 Å². The van der Waals surface area contributed by atoms with E-state index in [4.69, 9.17) is 10.5 Å². The minimum absolute atomic E-state index is 0.743. The van der Waals surface area contributed by atoms with Crippen molar-refractivity contribution < 1.29 is 4.74 Å². The zero-order valence-electron chi connectivity index (χ0n) is 11.4. The zero-order valence-corrected chi connectivity index (χ0v) is 11.4. The van der Waals surface area contributed by atoms with Crippen LogP contribution in [0, 0.1) is 0 Å². The van der Waals surface area contributed by atoms with Crippen LogP contribution in [0.3, 0.4) is 0 Å². The van der Waals surface area contributed by atoms with Gasteiger partial charge in [0.25, 0.3) is 0 Å². The van der Waals surface area contributed by atoms with E-state index in [1.54, 1.807) is 0 Å². The first-order valence-electron chi connectivity index (χ1n) is 6.90. The highest BCUT2D eigenvalue weighted by Crippen LogP contribution is 2.26. The molecule has 0 bridgehead atoms. The van der Waals surface area contributed by atoms with Crippen molar-refractivity contribution in [3.63, 3.8) is 0 Å². The van der Waals surface area contributed by atoms with E-state index in [-0.39, 0.29) is 0 Å². The fraction of sp³-hybridized carbons (Fsp3) is 0.250. The summed E-state index contributed by atoms with van der Waals surface area (Å²) in [6.07, 6.45) is 0. The summed E-state index contributed by atoms with van der Waals surface area (Å²) < 4.78 is 5.87. The zero-order chi connectivity index (χ0) is 13.8. The van der Waals surface area contributed by atoms with Gasteiger partial charge in [0.05, 0.1) is 0 Å². The number of nitrogens with zero attached hydrogens (tertiary/aromatic N) is 1. The van der Waals surface area contributed by atoms with Gasteiger partial charge >= 0.3 is 0 Å². The maximum Gasteiger partial charge on any atom is 0.129 e. The molecule has 1 saturated heterocycles. The molecule has 0 amide bonds. The number of benzene rings is 2. The topological polar surface area (TPSA) is 50.5 Å². The van der Waals surface area contributed by atoms with Crippen LogP contribution in [0.5, 0.6) is 11.5 Å². The van der Waals surface area contributed by atoms with Crippen molar-refractivity contribution >= 4 is 11.4 Å². The van der Waals surface area contributed by atoms with Crippen molar-refractivity contribution in [3.8, 4) is 11.5 Å². The average Bonchev–Trinajstić information content (AvgIpc) is 2.51. The second-order valence-electron chi connectivity index (χ2n) is 4.91. The van der Waals surface area contributed by atoms with Crippen molar-refractivity contribution in [3.05, 3.63) is 48.5 Å². The molecular formula is C16H19N3O. The lowest BCUT2D eigenvalue weighted by molar-refractivity contribution is 0.482. The highest BCUT2D eigenvalue weighted by atomic mass is 16.5. The molecule has 3 rings (SSSR count). The third-order valence-electron chi connectivity index (χ3n) is 3.42. The van der Waals surface area contributed by atoms with Crippen molar-refractivity contribution in [2.75, 3.05) is 36.8 Å². The van der Waals surface area contributed by atoms with Crippen molar-refractivity contribution in [1.29, 1.82) is 0 Å². The molecule has 0 unspecified atom stereocenters. The van der Waals surface area contributed by atoms with E-state index in [9.17, 15) is 0 Å². The molecular weight excluding hydrogens is 250 g/mol. The summed E-state index contributed by atoms with van der Waals surface area (Å²) in [6, 6.07) is 15.7. The normalized spacial score (nSPS) is 15.1. The van der Waals surface area contributed by atoms with E-state index in [0.717, 1.165) is 43.4 Å². The minimum Gasteiger partial charge on any atom is -0.457 e. The number of nitrogens with two attached hydrogens (primary N) is 1. The molecule has 4 heteroatoms. The molecule has 2 aromatic rings. The molecule has 0 radical (unpaired) electrons. The van der Waals surface area contributed by atoms with Gasteiger partial charge in [-0.2, -0.15) is 0 Å². The van der Waals surface area contributed by atoms with Gasteiger partial charge in [-0.1, -0.05) is 6.07 Å². The molecule has 20 heavy (non-hydrogen) atoms. The third kappa shape index (κ3) is 3.03. The van der Waals surface area contributed by atoms with Crippen LogP contribution in [-0.4, -0.2) is 26.2 Å². The maximum absolute atomic E-state index is 5.87. The van der Waals surface area contributed by atoms with Gasteiger partial charge in [-0.05, 0) is 36.4 Å². The smallest absolute Gasteiger partial charge is 0.129 e. The molecule has 1 aliphatic heterocycles. The quantitative estimate of drug-likeness (QED) is 0.840. The number of hydrogen-bond donors (Lipinski definition) is 2. The molecule has 4 nitrogen and oxygen atoms in total. The molecule has 1 aliphatic rings. The van der Waals surface area contributed by atoms with Crippen LogP contribution in [-0.2, 0) is 0 Å². The number of rotatable bonds is 3. The Morgan fingerprint density at radius 1 is 0.950 bits per heavy atom. The van der Waals surface area contributed by atoms with E-state index >= 15 is 0 Å². The molecule has 0 saturated carbocycles. The van der Waals surface area contributed by atoms with E-state index in [1.165, 1.54) is 5.69 Å². The van der Waals surface area contributed by atoms with Gasteiger partial charge in [-0.25, -0.2) is 0 Å². The standard InChI is InChI=1S/C16H19N3O/c17-13-4-6-15(7-5-13)20-16-3-1-2-14(12-16)19-10-8-18-9-11-19/h1-7,12,18H,8-11,17H2. The van der Waals surface area contributed by atoms with Crippen molar-refractivity contribution in [2.24, 2.45) is 0 Å². The Balaban J connectivity index is 1.75. The van der Waals surface area contributed by atoms with Crippen LogP contribution in [0.25, 0.3) is 0 Å². The fourth-order valence-electron chi connectivity index (χ4n) is 2.34. The van der Waals surface area contributed by atoms with Gasteiger partial charge in [0.1, 0.15) is 11.5 Å². The molecule has 0 atom stereocenters. The Labute approximate surface area is 119 Å². The van der Waals surface area contributed by atoms with Crippen LogP contribution in [0.2, 0.25) is 0 Å². The van der Waals surface area contributed by atoms with Gasteiger partial charge in [0.2, 0.25) is 0 Å². The first-order valence-corrected chi connectivity index (χ1v) is 6.90. The molecule has 3 N–H and O–H groups in total. The first-order chi connectivity index (χ1) is 9.81. The van der Waals surface area contributed by atoms with E-state index in [0.29, 0.717) is 0 Å².